The van der Waals surface area contributed by atoms with Gasteiger partial charge in [-0.05, 0) is 35.9 Å². The van der Waals surface area contributed by atoms with Crippen LogP contribution in [0.2, 0.25) is 5.02 Å². The fourth-order valence-corrected chi connectivity index (χ4v) is 2.07. The van der Waals surface area contributed by atoms with Crippen molar-refractivity contribution in [3.05, 3.63) is 64.4 Å². The number of hydrogen-bond donors (Lipinski definition) is 1. The van der Waals surface area contributed by atoms with Crippen LogP contribution in [0, 0.1) is 5.82 Å². The van der Waals surface area contributed by atoms with Crippen LogP contribution in [0.1, 0.15) is 15.9 Å². The van der Waals surface area contributed by atoms with Gasteiger partial charge in [0.15, 0.2) is 6.61 Å². The summed E-state index contributed by atoms with van der Waals surface area (Å²) in [5.41, 5.74) is 0.865. The van der Waals surface area contributed by atoms with Crippen LogP contribution in [0.25, 0.3) is 0 Å². The molecule has 5 nitrogen and oxygen atoms in total. The molecule has 0 heterocycles. The highest BCUT2D eigenvalue weighted by Crippen LogP contribution is 2.23. The van der Waals surface area contributed by atoms with E-state index in [9.17, 15) is 14.0 Å². The highest BCUT2D eigenvalue weighted by Gasteiger charge is 2.16. The Morgan fingerprint density at radius 1 is 1.17 bits per heavy atom. The third kappa shape index (κ3) is 4.96. The second kappa shape index (κ2) is 8.31. The Balaban J connectivity index is 1.86. The third-order valence-electron chi connectivity index (χ3n) is 3.12. The van der Waals surface area contributed by atoms with Gasteiger partial charge in [-0.15, -0.1) is 0 Å². The molecule has 0 saturated heterocycles. The number of benzene rings is 2. The summed E-state index contributed by atoms with van der Waals surface area (Å²) in [5, 5.41) is 2.92. The van der Waals surface area contributed by atoms with Crippen molar-refractivity contribution in [3.63, 3.8) is 0 Å². The summed E-state index contributed by atoms with van der Waals surface area (Å²) in [6.45, 7) is -0.243. The molecular weight excluding hydrogens is 337 g/mol. The second-order valence-electron chi connectivity index (χ2n) is 4.82. The summed E-state index contributed by atoms with van der Waals surface area (Å²) >= 11 is 5.84. The molecule has 0 aromatic heterocycles. The van der Waals surface area contributed by atoms with Crippen LogP contribution < -0.4 is 10.1 Å². The van der Waals surface area contributed by atoms with Crippen LogP contribution in [0.15, 0.2) is 42.5 Å². The maximum atomic E-state index is 12.8. The van der Waals surface area contributed by atoms with Gasteiger partial charge in [0.25, 0.3) is 5.91 Å². The first kappa shape index (κ1) is 17.7. The number of hydrogen-bond acceptors (Lipinski definition) is 4. The zero-order chi connectivity index (χ0) is 17.5. The van der Waals surface area contributed by atoms with Crippen molar-refractivity contribution >= 4 is 23.5 Å². The van der Waals surface area contributed by atoms with Crippen molar-refractivity contribution in [2.45, 2.75) is 6.54 Å². The van der Waals surface area contributed by atoms with Crippen molar-refractivity contribution in [1.82, 2.24) is 5.32 Å². The molecule has 2 aromatic rings. The van der Waals surface area contributed by atoms with E-state index in [-0.39, 0.29) is 17.9 Å². The molecule has 0 bridgehead atoms. The summed E-state index contributed by atoms with van der Waals surface area (Å²) in [4.78, 5) is 23.7. The minimum Gasteiger partial charge on any atom is -0.496 e. The first-order chi connectivity index (χ1) is 11.5. The molecule has 2 rings (SSSR count). The van der Waals surface area contributed by atoms with E-state index in [2.05, 4.69) is 5.32 Å². The SMILES string of the molecule is COc1ccc(Cl)cc1C(=O)OCC(=O)NCc1ccc(F)cc1. The average Bonchev–Trinajstić information content (AvgIpc) is 2.59. The molecule has 0 saturated carbocycles. The van der Waals surface area contributed by atoms with Crippen molar-refractivity contribution in [1.29, 1.82) is 0 Å². The molecule has 1 N–H and O–H groups in total. The van der Waals surface area contributed by atoms with Gasteiger partial charge in [-0.1, -0.05) is 23.7 Å². The number of nitrogens with one attached hydrogen (secondary N) is 1. The van der Waals surface area contributed by atoms with E-state index in [0.29, 0.717) is 10.8 Å². The zero-order valence-electron chi connectivity index (χ0n) is 12.8. The predicted molar refractivity (Wildman–Crippen MR) is 86.5 cm³/mol. The number of amides is 1. The first-order valence-corrected chi connectivity index (χ1v) is 7.39. The van der Waals surface area contributed by atoms with Crippen LogP contribution in [0.3, 0.4) is 0 Å². The minimum atomic E-state index is -0.716. The van der Waals surface area contributed by atoms with E-state index >= 15 is 0 Å². The van der Waals surface area contributed by atoms with E-state index in [1.807, 2.05) is 0 Å². The largest absolute Gasteiger partial charge is 0.496 e. The molecule has 0 aliphatic heterocycles. The van der Waals surface area contributed by atoms with Gasteiger partial charge in [0, 0.05) is 11.6 Å². The Morgan fingerprint density at radius 2 is 1.88 bits per heavy atom. The number of esters is 1. The number of carbonyl (C=O) groups is 2. The van der Waals surface area contributed by atoms with Crippen molar-refractivity contribution in [2.24, 2.45) is 0 Å². The average molecular weight is 352 g/mol. The molecule has 0 atom stereocenters. The summed E-state index contributed by atoms with van der Waals surface area (Å²) in [5.74, 6) is -1.24. The molecule has 24 heavy (non-hydrogen) atoms. The lowest BCUT2D eigenvalue weighted by Crippen LogP contribution is -2.28. The van der Waals surface area contributed by atoms with Gasteiger partial charge in [-0.25, -0.2) is 9.18 Å². The Labute approximate surface area is 143 Å². The zero-order valence-corrected chi connectivity index (χ0v) is 13.6. The normalized spacial score (nSPS) is 10.1. The molecule has 0 fully saturated rings. The van der Waals surface area contributed by atoms with Crippen molar-refractivity contribution in [3.8, 4) is 5.75 Å². The second-order valence-corrected chi connectivity index (χ2v) is 5.26. The molecule has 126 valence electrons. The van der Waals surface area contributed by atoms with Crippen LogP contribution in [-0.2, 0) is 16.1 Å². The minimum absolute atomic E-state index is 0.135. The molecule has 0 radical (unpaired) electrons. The highest BCUT2D eigenvalue weighted by molar-refractivity contribution is 6.31. The molecule has 0 aliphatic rings. The number of rotatable bonds is 6. The third-order valence-corrected chi connectivity index (χ3v) is 3.35. The summed E-state index contributed by atoms with van der Waals surface area (Å²) in [6.07, 6.45) is 0. The Morgan fingerprint density at radius 3 is 2.54 bits per heavy atom. The summed E-state index contributed by atoms with van der Waals surface area (Å²) in [7, 11) is 1.41. The fourth-order valence-electron chi connectivity index (χ4n) is 1.90. The summed E-state index contributed by atoms with van der Waals surface area (Å²) in [6, 6.07) is 10.2. The van der Waals surface area contributed by atoms with Gasteiger partial charge in [-0.3, -0.25) is 4.79 Å². The van der Waals surface area contributed by atoms with Crippen LogP contribution in [0.5, 0.6) is 5.75 Å². The predicted octanol–water partition coefficient (Wildman–Crippen LogP) is 2.96. The van der Waals surface area contributed by atoms with Crippen molar-refractivity contribution < 1.29 is 23.5 Å². The molecule has 0 aliphatic carbocycles. The Bertz CT molecular complexity index is 734. The monoisotopic (exact) mass is 351 g/mol. The lowest BCUT2D eigenvalue weighted by Gasteiger charge is -2.09. The molecule has 7 heteroatoms. The number of halogens is 2. The highest BCUT2D eigenvalue weighted by atomic mass is 35.5. The molecule has 0 spiro atoms. The van der Waals surface area contributed by atoms with E-state index in [1.54, 1.807) is 18.2 Å². The maximum Gasteiger partial charge on any atom is 0.342 e. The molecular formula is C17H15ClFNO4. The number of carbonyl (C=O) groups excluding carboxylic acids is 2. The van der Waals surface area contributed by atoms with Gasteiger partial charge in [0.1, 0.15) is 17.1 Å². The van der Waals surface area contributed by atoms with E-state index in [4.69, 9.17) is 21.1 Å². The van der Waals surface area contributed by atoms with Crippen LogP contribution >= 0.6 is 11.6 Å². The number of methoxy groups -OCH3 is 1. The van der Waals surface area contributed by atoms with E-state index < -0.39 is 18.5 Å². The molecule has 0 unspecified atom stereocenters. The fraction of sp³-hybridized carbons (Fsp3) is 0.176. The van der Waals surface area contributed by atoms with Gasteiger partial charge >= 0.3 is 5.97 Å². The standard InChI is InChI=1S/C17H15ClFNO4/c1-23-15-7-4-12(18)8-14(15)17(22)24-10-16(21)20-9-11-2-5-13(19)6-3-11/h2-8H,9-10H2,1H3,(H,20,21). The van der Waals surface area contributed by atoms with Gasteiger partial charge < -0.3 is 14.8 Å². The lowest BCUT2D eigenvalue weighted by molar-refractivity contribution is -0.124. The van der Waals surface area contributed by atoms with E-state index in [1.165, 1.54) is 31.4 Å². The lowest BCUT2D eigenvalue weighted by atomic mass is 10.2. The first-order valence-electron chi connectivity index (χ1n) is 7.01. The van der Waals surface area contributed by atoms with Crippen LogP contribution in [-0.4, -0.2) is 25.6 Å². The van der Waals surface area contributed by atoms with Crippen LogP contribution in [0.4, 0.5) is 4.39 Å². The smallest absolute Gasteiger partial charge is 0.342 e. The van der Waals surface area contributed by atoms with E-state index in [0.717, 1.165) is 5.56 Å². The van der Waals surface area contributed by atoms with Gasteiger partial charge in [-0.2, -0.15) is 0 Å². The summed E-state index contributed by atoms with van der Waals surface area (Å²) < 4.78 is 22.8. The molecule has 1 amide bonds. The maximum absolute atomic E-state index is 12.8. The quantitative estimate of drug-likeness (QED) is 0.813. The topological polar surface area (TPSA) is 64.6 Å². The van der Waals surface area contributed by atoms with Gasteiger partial charge in [0.2, 0.25) is 0 Å². The number of ether oxygens (including phenoxy) is 2. The Hall–Kier alpha value is -2.60. The Kier molecular flexibility index (Phi) is 6.14. The van der Waals surface area contributed by atoms with Crippen molar-refractivity contribution in [2.75, 3.05) is 13.7 Å². The molecule has 2 aromatic carbocycles. The van der Waals surface area contributed by atoms with Gasteiger partial charge in [0.05, 0.1) is 7.11 Å².